The molecule has 0 aliphatic carbocycles. The van der Waals surface area contributed by atoms with Crippen LogP contribution in [0.25, 0.3) is 0 Å². The maximum absolute atomic E-state index is 12.4. The molecule has 7 nitrogen and oxygen atoms in total. The van der Waals surface area contributed by atoms with Gasteiger partial charge in [-0.1, -0.05) is 5.16 Å². The van der Waals surface area contributed by atoms with Gasteiger partial charge in [-0.2, -0.15) is 0 Å². The number of rotatable bonds is 7. The van der Waals surface area contributed by atoms with Crippen LogP contribution in [-0.4, -0.2) is 67.2 Å². The first kappa shape index (κ1) is 19.9. The van der Waals surface area contributed by atoms with Gasteiger partial charge in [-0.05, 0) is 48.1 Å². The van der Waals surface area contributed by atoms with Gasteiger partial charge < -0.3 is 19.5 Å². The number of nitrogens with zero attached hydrogens (tertiary/aromatic N) is 3. The van der Waals surface area contributed by atoms with E-state index < -0.39 is 0 Å². The Labute approximate surface area is 167 Å². The summed E-state index contributed by atoms with van der Waals surface area (Å²) < 4.78 is 11.5. The molecule has 0 spiro atoms. The van der Waals surface area contributed by atoms with Crippen LogP contribution < -0.4 is 10.1 Å². The van der Waals surface area contributed by atoms with Gasteiger partial charge in [0.25, 0.3) is 5.91 Å². The van der Waals surface area contributed by atoms with E-state index in [9.17, 15) is 4.79 Å². The number of nitrogens with one attached hydrogen (secondary N) is 1. The first-order chi connectivity index (χ1) is 13.0. The zero-order chi connectivity index (χ0) is 19.2. The van der Waals surface area contributed by atoms with Crippen LogP contribution in [0.3, 0.4) is 0 Å². The molecule has 0 atom stereocenters. The lowest BCUT2D eigenvalue weighted by Gasteiger charge is -2.32. The van der Waals surface area contributed by atoms with Crippen molar-refractivity contribution >= 4 is 21.8 Å². The summed E-state index contributed by atoms with van der Waals surface area (Å²) in [6.07, 6.45) is 0. The number of piperazine rings is 1. The Bertz CT molecular complexity index is 772. The van der Waals surface area contributed by atoms with Crippen LogP contribution in [0.4, 0.5) is 0 Å². The highest BCUT2D eigenvalue weighted by Gasteiger charge is 2.14. The number of ether oxygens (including phenoxy) is 1. The zero-order valence-corrected chi connectivity index (χ0v) is 17.3. The van der Waals surface area contributed by atoms with Crippen molar-refractivity contribution in [1.29, 1.82) is 0 Å². The molecule has 1 aliphatic heterocycles. The number of carbonyl (C=O) groups is 1. The normalized spacial score (nSPS) is 15.7. The van der Waals surface area contributed by atoms with Crippen molar-refractivity contribution in [2.45, 2.75) is 13.5 Å². The summed E-state index contributed by atoms with van der Waals surface area (Å²) in [4.78, 5) is 17.1. The molecule has 8 heteroatoms. The van der Waals surface area contributed by atoms with Gasteiger partial charge >= 0.3 is 0 Å². The summed E-state index contributed by atoms with van der Waals surface area (Å²) in [5, 5.41) is 6.88. The first-order valence-corrected chi connectivity index (χ1v) is 9.84. The first-order valence-electron chi connectivity index (χ1n) is 9.05. The Morgan fingerprint density at radius 1 is 1.30 bits per heavy atom. The minimum Gasteiger partial charge on any atom is -0.486 e. The SMILES string of the molecule is Cc1cc(COc2ccc(C(=O)NCCN3CCN(C)CC3)cc2Br)no1. The second-order valence-corrected chi connectivity index (χ2v) is 7.62. The smallest absolute Gasteiger partial charge is 0.251 e. The lowest BCUT2D eigenvalue weighted by molar-refractivity contribution is 0.0941. The predicted molar refractivity (Wildman–Crippen MR) is 106 cm³/mol. The summed E-state index contributed by atoms with van der Waals surface area (Å²) in [5.41, 5.74) is 1.33. The van der Waals surface area contributed by atoms with Gasteiger partial charge in [0.2, 0.25) is 0 Å². The van der Waals surface area contributed by atoms with Crippen LogP contribution in [0.2, 0.25) is 0 Å². The van der Waals surface area contributed by atoms with Gasteiger partial charge in [0.15, 0.2) is 0 Å². The summed E-state index contributed by atoms with van der Waals surface area (Å²) >= 11 is 3.47. The average Bonchev–Trinajstić information content (AvgIpc) is 3.07. The van der Waals surface area contributed by atoms with Crippen LogP contribution in [0, 0.1) is 6.92 Å². The maximum atomic E-state index is 12.4. The molecule has 0 unspecified atom stereocenters. The van der Waals surface area contributed by atoms with Gasteiger partial charge in [0.1, 0.15) is 23.8 Å². The van der Waals surface area contributed by atoms with E-state index in [1.54, 1.807) is 18.2 Å². The van der Waals surface area contributed by atoms with Gasteiger partial charge in [-0.3, -0.25) is 9.69 Å². The van der Waals surface area contributed by atoms with Gasteiger partial charge in [-0.15, -0.1) is 0 Å². The standard InChI is InChI=1S/C19H25BrN4O3/c1-14-11-16(22-27-14)13-26-18-4-3-15(12-17(18)20)19(25)21-5-6-24-9-7-23(2)8-10-24/h3-4,11-12H,5-10,13H2,1-2H3,(H,21,25). The van der Waals surface area contributed by atoms with Crippen LogP contribution in [0.5, 0.6) is 5.75 Å². The van der Waals surface area contributed by atoms with Crippen LogP contribution >= 0.6 is 15.9 Å². The number of aromatic nitrogens is 1. The average molecular weight is 437 g/mol. The van der Waals surface area contributed by atoms with E-state index in [1.807, 2.05) is 13.0 Å². The highest BCUT2D eigenvalue weighted by Crippen LogP contribution is 2.26. The van der Waals surface area contributed by atoms with Gasteiger partial charge in [-0.25, -0.2) is 0 Å². The third-order valence-corrected chi connectivity index (χ3v) is 5.18. The number of likely N-dealkylation sites (N-methyl/N-ethyl adjacent to an activating group) is 1. The monoisotopic (exact) mass is 436 g/mol. The van der Waals surface area contributed by atoms with E-state index in [-0.39, 0.29) is 5.91 Å². The molecule has 1 aromatic carbocycles. The topological polar surface area (TPSA) is 70.8 Å². The Morgan fingerprint density at radius 3 is 2.74 bits per heavy atom. The molecule has 1 aliphatic rings. The fourth-order valence-electron chi connectivity index (χ4n) is 2.90. The predicted octanol–water partition coefficient (Wildman–Crippen LogP) is 2.30. The summed E-state index contributed by atoms with van der Waals surface area (Å²) in [5.74, 6) is 1.32. The Kier molecular flexibility index (Phi) is 6.87. The maximum Gasteiger partial charge on any atom is 0.251 e. The van der Waals surface area contributed by atoms with Crippen molar-refractivity contribution in [3.05, 3.63) is 45.8 Å². The molecule has 27 heavy (non-hydrogen) atoms. The third-order valence-electron chi connectivity index (χ3n) is 4.56. The molecule has 2 aromatic rings. The number of carbonyl (C=O) groups excluding carboxylic acids is 1. The van der Waals surface area contributed by atoms with Crippen molar-refractivity contribution in [3.63, 3.8) is 0 Å². The zero-order valence-electron chi connectivity index (χ0n) is 15.7. The molecule has 1 N–H and O–H groups in total. The highest BCUT2D eigenvalue weighted by atomic mass is 79.9. The number of hydrogen-bond donors (Lipinski definition) is 1. The van der Waals surface area contributed by atoms with Crippen LogP contribution in [-0.2, 0) is 6.61 Å². The molecule has 0 saturated carbocycles. The van der Waals surface area contributed by atoms with Crippen molar-refractivity contribution in [1.82, 2.24) is 20.3 Å². The van der Waals surface area contributed by atoms with E-state index in [0.717, 1.165) is 48.7 Å². The van der Waals surface area contributed by atoms with E-state index in [2.05, 4.69) is 43.3 Å². The fraction of sp³-hybridized carbons (Fsp3) is 0.474. The van der Waals surface area contributed by atoms with Gasteiger partial charge in [0.05, 0.1) is 4.47 Å². The van der Waals surface area contributed by atoms with E-state index in [4.69, 9.17) is 9.26 Å². The quantitative estimate of drug-likeness (QED) is 0.717. The van der Waals surface area contributed by atoms with Crippen LogP contribution in [0.15, 0.2) is 33.3 Å². The molecular formula is C19H25BrN4O3. The molecule has 1 fully saturated rings. The molecule has 0 radical (unpaired) electrons. The lowest BCUT2D eigenvalue weighted by atomic mass is 10.2. The van der Waals surface area contributed by atoms with Crippen LogP contribution in [0.1, 0.15) is 21.8 Å². The van der Waals surface area contributed by atoms with E-state index >= 15 is 0 Å². The largest absolute Gasteiger partial charge is 0.486 e. The summed E-state index contributed by atoms with van der Waals surface area (Å²) in [7, 11) is 2.14. The highest BCUT2D eigenvalue weighted by molar-refractivity contribution is 9.10. The Hall–Kier alpha value is -1.90. The Balaban J connectivity index is 1.46. The second-order valence-electron chi connectivity index (χ2n) is 6.76. The lowest BCUT2D eigenvalue weighted by Crippen LogP contribution is -2.46. The van der Waals surface area contributed by atoms with E-state index in [0.29, 0.717) is 24.5 Å². The minimum atomic E-state index is -0.0801. The Morgan fingerprint density at radius 2 is 2.07 bits per heavy atom. The number of amides is 1. The van der Waals surface area contributed by atoms with Gasteiger partial charge in [0, 0.05) is 50.9 Å². The van der Waals surface area contributed by atoms with Crippen molar-refractivity contribution < 1.29 is 14.1 Å². The summed E-state index contributed by atoms with van der Waals surface area (Å²) in [6, 6.07) is 7.15. The molecule has 1 saturated heterocycles. The molecule has 1 amide bonds. The van der Waals surface area contributed by atoms with E-state index in [1.165, 1.54) is 0 Å². The van der Waals surface area contributed by atoms with Crippen molar-refractivity contribution in [2.75, 3.05) is 46.3 Å². The fourth-order valence-corrected chi connectivity index (χ4v) is 3.39. The number of aryl methyl sites for hydroxylation is 1. The number of halogens is 1. The molecule has 2 heterocycles. The second kappa shape index (κ2) is 9.34. The number of benzene rings is 1. The van der Waals surface area contributed by atoms with Crippen molar-refractivity contribution in [2.24, 2.45) is 0 Å². The molecule has 3 rings (SSSR count). The molecule has 146 valence electrons. The van der Waals surface area contributed by atoms with Crippen molar-refractivity contribution in [3.8, 4) is 5.75 Å². The minimum absolute atomic E-state index is 0.0801. The third kappa shape index (κ3) is 5.79. The number of hydrogen-bond acceptors (Lipinski definition) is 6. The summed E-state index contributed by atoms with van der Waals surface area (Å²) in [6.45, 7) is 7.93. The molecule has 1 aromatic heterocycles. The molecular weight excluding hydrogens is 412 g/mol. The molecule has 0 bridgehead atoms.